The first-order chi connectivity index (χ1) is 26.7. The van der Waals surface area contributed by atoms with E-state index in [0.717, 1.165) is 102 Å². The van der Waals surface area contributed by atoms with Crippen LogP contribution in [-0.4, -0.2) is 16.3 Å². The Bertz CT molecular complexity index is 3180. The third-order valence-electron chi connectivity index (χ3n) is 10.3. The maximum atomic E-state index is 11.3. The third-order valence-corrected chi connectivity index (χ3v) is 12.0. The van der Waals surface area contributed by atoms with E-state index in [1.807, 2.05) is 60.7 Å². The van der Waals surface area contributed by atoms with Gasteiger partial charge in [-0.25, -0.2) is 4.98 Å². The van der Waals surface area contributed by atoms with Crippen molar-refractivity contribution in [3.05, 3.63) is 148 Å². The summed E-state index contributed by atoms with van der Waals surface area (Å²) in [6, 6.07) is 45.6. The zero-order chi connectivity index (χ0) is 37.4. The van der Waals surface area contributed by atoms with E-state index in [1.54, 1.807) is 17.6 Å². The van der Waals surface area contributed by atoms with Gasteiger partial charge in [-0.3, -0.25) is 4.99 Å². The number of thiazole rings is 1. The minimum Gasteiger partial charge on any atom is -0.507 e. The molecule has 0 spiro atoms. The first-order valence-corrected chi connectivity index (χ1v) is 20.0. The van der Waals surface area contributed by atoms with E-state index in [1.165, 1.54) is 0 Å². The van der Waals surface area contributed by atoms with Gasteiger partial charge in [0.15, 0.2) is 0 Å². The van der Waals surface area contributed by atoms with Crippen LogP contribution in [0.3, 0.4) is 0 Å². The van der Waals surface area contributed by atoms with Crippen molar-refractivity contribution < 1.29 is 13.9 Å². The average Bonchev–Trinajstić information content (AvgIpc) is 3.91. The zero-order valence-electron chi connectivity index (χ0n) is 30.2. The molecule has 0 amide bonds. The lowest BCUT2D eigenvalue weighted by Crippen LogP contribution is -2.12. The number of furan rings is 2. The molecule has 5 nitrogen and oxygen atoms in total. The van der Waals surface area contributed by atoms with E-state index >= 15 is 0 Å². The Labute approximate surface area is 334 Å². The summed E-state index contributed by atoms with van der Waals surface area (Å²) in [6.45, 7) is 6.31. The topological polar surface area (TPSA) is 71.8 Å². The van der Waals surface area contributed by atoms with Crippen molar-refractivity contribution in [2.75, 3.05) is 0 Å². The number of fused-ring (bicyclic) bond motifs is 7. The molecule has 7 aromatic carbocycles. The van der Waals surface area contributed by atoms with E-state index in [0.29, 0.717) is 5.56 Å². The largest absolute Gasteiger partial charge is 0.507 e. The number of aromatic nitrogens is 1. The summed E-state index contributed by atoms with van der Waals surface area (Å²) >= 11 is 3.94. The van der Waals surface area contributed by atoms with Gasteiger partial charge in [0.05, 0.1) is 15.9 Å². The van der Waals surface area contributed by atoms with Crippen LogP contribution < -0.4 is 0 Å². The Balaban J connectivity index is 1.19. The standard InChI is InChI=1S/C48H33IN2O3S/c1-48(2,3)38-25-29(49)22-28(44(38)52)26-50-39-19-7-4-14-36(39)47-51-43-37(35-18-11-17-34-32-13-6-9-21-41(32)54-46(34)35)23-27(24-42(43)55-47)30-15-10-16-33-31-12-5-8-20-40(31)53-45(30)33/h4-26,52H,1-3H3. The quantitative estimate of drug-likeness (QED) is 0.138. The summed E-state index contributed by atoms with van der Waals surface area (Å²) in [5, 5.41) is 16.5. The fourth-order valence-electron chi connectivity index (χ4n) is 7.64. The van der Waals surface area contributed by atoms with Crippen LogP contribution in [0.5, 0.6) is 5.75 Å². The fourth-order valence-corrected chi connectivity index (χ4v) is 9.35. The number of rotatable bonds is 5. The van der Waals surface area contributed by atoms with Gasteiger partial charge in [-0.05, 0) is 82.1 Å². The van der Waals surface area contributed by atoms with E-state index in [-0.39, 0.29) is 11.2 Å². The van der Waals surface area contributed by atoms with Crippen molar-refractivity contribution in [1.82, 2.24) is 4.98 Å². The summed E-state index contributed by atoms with van der Waals surface area (Å²) in [5.41, 5.74) is 11.3. The van der Waals surface area contributed by atoms with E-state index in [4.69, 9.17) is 18.8 Å². The molecule has 0 atom stereocenters. The predicted molar refractivity (Wildman–Crippen MR) is 237 cm³/mol. The molecule has 0 aliphatic rings. The highest BCUT2D eigenvalue weighted by Crippen LogP contribution is 2.46. The third kappa shape index (κ3) is 5.72. The molecule has 266 valence electrons. The van der Waals surface area contributed by atoms with Gasteiger partial charge in [0, 0.05) is 64.7 Å². The Kier molecular flexibility index (Phi) is 7.94. The van der Waals surface area contributed by atoms with E-state index in [2.05, 4.69) is 116 Å². The summed E-state index contributed by atoms with van der Waals surface area (Å²) in [5.74, 6) is 0.255. The molecular weight excluding hydrogens is 812 g/mol. The van der Waals surface area contributed by atoms with Crippen molar-refractivity contribution in [2.24, 2.45) is 4.99 Å². The molecule has 0 unspecified atom stereocenters. The highest BCUT2D eigenvalue weighted by atomic mass is 127. The van der Waals surface area contributed by atoms with Crippen LogP contribution in [0.1, 0.15) is 31.9 Å². The van der Waals surface area contributed by atoms with Crippen LogP contribution in [0.2, 0.25) is 0 Å². The highest BCUT2D eigenvalue weighted by Gasteiger charge is 2.23. The van der Waals surface area contributed by atoms with Crippen LogP contribution in [0.25, 0.3) is 86.9 Å². The Morgan fingerprint density at radius 3 is 1.96 bits per heavy atom. The van der Waals surface area contributed by atoms with Gasteiger partial charge in [0.1, 0.15) is 33.1 Å². The molecule has 0 bridgehead atoms. The highest BCUT2D eigenvalue weighted by molar-refractivity contribution is 14.1. The molecule has 10 aromatic rings. The number of phenols is 1. The summed E-state index contributed by atoms with van der Waals surface area (Å²) in [6.07, 6.45) is 1.76. The normalized spacial score (nSPS) is 12.4. The van der Waals surface area contributed by atoms with E-state index < -0.39 is 0 Å². The molecule has 0 saturated carbocycles. The summed E-state index contributed by atoms with van der Waals surface area (Å²) in [7, 11) is 0. The fraction of sp³-hybridized carbons (Fsp3) is 0.0833. The second kappa shape index (κ2) is 12.9. The number of para-hydroxylation sites is 5. The number of benzene rings is 7. The van der Waals surface area contributed by atoms with Crippen molar-refractivity contribution >= 4 is 99.9 Å². The van der Waals surface area contributed by atoms with Crippen LogP contribution in [0, 0.1) is 3.57 Å². The Morgan fingerprint density at radius 1 is 0.655 bits per heavy atom. The van der Waals surface area contributed by atoms with Crippen LogP contribution >= 0.6 is 33.9 Å². The molecule has 7 heteroatoms. The van der Waals surface area contributed by atoms with Crippen molar-refractivity contribution in [3.63, 3.8) is 0 Å². The lowest BCUT2D eigenvalue weighted by atomic mass is 9.85. The zero-order valence-corrected chi connectivity index (χ0v) is 33.2. The SMILES string of the molecule is CC(C)(C)c1cc(I)cc(C=Nc2ccccc2-c2nc3c(-c4cccc5c4oc4ccccc45)cc(-c4cccc5c4oc4ccccc45)cc3s2)c1O. The predicted octanol–water partition coefficient (Wildman–Crippen LogP) is 14.5. The minimum atomic E-state index is -0.216. The lowest BCUT2D eigenvalue weighted by Gasteiger charge is -2.21. The van der Waals surface area contributed by atoms with Gasteiger partial charge in [0.2, 0.25) is 0 Å². The molecule has 3 heterocycles. The minimum absolute atomic E-state index is 0.216. The first kappa shape index (κ1) is 33.8. The van der Waals surface area contributed by atoms with Gasteiger partial charge < -0.3 is 13.9 Å². The molecule has 3 aromatic heterocycles. The molecule has 0 aliphatic heterocycles. The van der Waals surface area contributed by atoms with Gasteiger partial charge >= 0.3 is 0 Å². The van der Waals surface area contributed by atoms with Gasteiger partial charge in [-0.15, -0.1) is 11.3 Å². The Hall–Kier alpha value is -5.77. The lowest BCUT2D eigenvalue weighted by molar-refractivity contribution is 0.445. The Morgan fingerprint density at radius 2 is 1.25 bits per heavy atom. The van der Waals surface area contributed by atoms with Gasteiger partial charge in [-0.2, -0.15) is 0 Å². The molecule has 0 aliphatic carbocycles. The molecule has 0 saturated heterocycles. The van der Waals surface area contributed by atoms with Crippen LogP contribution in [-0.2, 0) is 5.41 Å². The van der Waals surface area contributed by atoms with E-state index in [9.17, 15) is 5.11 Å². The molecule has 0 radical (unpaired) electrons. The molecule has 10 rings (SSSR count). The second-order valence-corrected chi connectivity index (χ2v) is 17.1. The molecular formula is C48H33IN2O3S. The molecule has 1 N–H and O–H groups in total. The second-order valence-electron chi connectivity index (χ2n) is 14.9. The van der Waals surface area contributed by atoms with Gasteiger partial charge in [0.25, 0.3) is 0 Å². The van der Waals surface area contributed by atoms with Crippen molar-refractivity contribution in [3.8, 4) is 38.6 Å². The number of hydrogen-bond acceptors (Lipinski definition) is 6. The average molecular weight is 845 g/mol. The monoisotopic (exact) mass is 844 g/mol. The molecule has 0 fully saturated rings. The number of hydrogen-bond donors (Lipinski definition) is 1. The number of phenolic OH excluding ortho intramolecular Hbond substituents is 1. The maximum Gasteiger partial charge on any atom is 0.143 e. The number of aliphatic imine (C=N–C) groups is 1. The summed E-state index contributed by atoms with van der Waals surface area (Å²) in [4.78, 5) is 10.3. The van der Waals surface area contributed by atoms with Crippen LogP contribution in [0.4, 0.5) is 5.69 Å². The van der Waals surface area contributed by atoms with Crippen molar-refractivity contribution in [2.45, 2.75) is 26.2 Å². The maximum absolute atomic E-state index is 11.3. The van der Waals surface area contributed by atoms with Crippen LogP contribution in [0.15, 0.2) is 147 Å². The smallest absolute Gasteiger partial charge is 0.143 e. The van der Waals surface area contributed by atoms with Crippen molar-refractivity contribution in [1.29, 1.82) is 0 Å². The first-order valence-electron chi connectivity index (χ1n) is 18.1. The van der Waals surface area contributed by atoms with Gasteiger partial charge in [-0.1, -0.05) is 106 Å². The number of nitrogens with zero attached hydrogens (tertiary/aromatic N) is 2. The molecule has 55 heavy (non-hydrogen) atoms. The summed E-state index contributed by atoms with van der Waals surface area (Å²) < 4.78 is 15.2. The number of aromatic hydroxyl groups is 1. The number of halogens is 1.